The number of rotatable bonds is 3. The van der Waals surface area contributed by atoms with E-state index in [0.717, 1.165) is 28.1 Å². The average molecular weight is 419 g/mol. The van der Waals surface area contributed by atoms with Gasteiger partial charge in [-0.15, -0.1) is 0 Å². The molecule has 5 heteroatoms. The summed E-state index contributed by atoms with van der Waals surface area (Å²) in [5, 5.41) is 1.28. The highest BCUT2D eigenvalue weighted by atomic mass is 35.5. The number of amidine groups is 1. The Kier molecular flexibility index (Phi) is 5.56. The fraction of sp³-hybridized carbons (Fsp3) is 0.0833. The van der Waals surface area contributed by atoms with E-state index in [9.17, 15) is 4.79 Å². The number of hydrogen-bond donors (Lipinski definition) is 0. The maximum Gasteiger partial charge on any atom is 0.271 e. The van der Waals surface area contributed by atoms with Crippen LogP contribution in [0.25, 0.3) is 6.08 Å². The zero-order valence-corrected chi connectivity index (χ0v) is 17.7. The molecule has 3 aromatic carbocycles. The summed E-state index contributed by atoms with van der Waals surface area (Å²) in [6.45, 7) is 4.06. The third-order valence-corrected chi connectivity index (χ3v) is 5.82. The van der Waals surface area contributed by atoms with Crippen LogP contribution in [0.4, 0.5) is 11.4 Å². The zero-order valence-electron chi connectivity index (χ0n) is 16.1. The Morgan fingerprint density at radius 3 is 2.31 bits per heavy atom. The van der Waals surface area contributed by atoms with Crippen LogP contribution in [0.3, 0.4) is 0 Å². The first-order valence-electron chi connectivity index (χ1n) is 9.22. The van der Waals surface area contributed by atoms with E-state index in [1.807, 2.05) is 92.7 Å². The minimum atomic E-state index is -0.0915. The first kappa shape index (κ1) is 19.5. The highest BCUT2D eigenvalue weighted by molar-refractivity contribution is 8.19. The number of halogens is 1. The lowest BCUT2D eigenvalue weighted by Crippen LogP contribution is -2.28. The fourth-order valence-corrected chi connectivity index (χ4v) is 4.36. The van der Waals surface area contributed by atoms with Crippen molar-refractivity contribution in [2.45, 2.75) is 13.8 Å². The van der Waals surface area contributed by atoms with Crippen molar-refractivity contribution in [2.75, 3.05) is 4.90 Å². The number of anilines is 1. The number of carbonyl (C=O) groups is 1. The normalized spacial score (nSPS) is 16.8. The number of carbonyl (C=O) groups excluding carboxylic acids is 1. The van der Waals surface area contributed by atoms with Crippen molar-refractivity contribution in [3.63, 3.8) is 0 Å². The number of nitrogens with zero attached hydrogens (tertiary/aromatic N) is 2. The van der Waals surface area contributed by atoms with Gasteiger partial charge in [0.2, 0.25) is 0 Å². The fourth-order valence-electron chi connectivity index (χ4n) is 3.18. The molecule has 1 amide bonds. The van der Waals surface area contributed by atoms with Crippen molar-refractivity contribution >= 4 is 51.9 Å². The lowest BCUT2D eigenvalue weighted by Gasteiger charge is -2.16. The van der Waals surface area contributed by atoms with E-state index < -0.39 is 0 Å². The van der Waals surface area contributed by atoms with Crippen LogP contribution in [0.15, 0.2) is 82.7 Å². The van der Waals surface area contributed by atoms with Gasteiger partial charge in [-0.1, -0.05) is 60.1 Å². The summed E-state index contributed by atoms with van der Waals surface area (Å²) in [6.07, 6.45) is 1.86. The maximum absolute atomic E-state index is 13.3. The quantitative estimate of drug-likeness (QED) is 0.440. The molecule has 1 aliphatic heterocycles. The van der Waals surface area contributed by atoms with E-state index in [2.05, 4.69) is 0 Å². The number of para-hydroxylation sites is 2. The number of benzene rings is 3. The molecule has 0 unspecified atom stereocenters. The third-order valence-electron chi connectivity index (χ3n) is 4.61. The van der Waals surface area contributed by atoms with Gasteiger partial charge in [0.1, 0.15) is 0 Å². The first-order valence-corrected chi connectivity index (χ1v) is 10.4. The molecular weight excluding hydrogens is 400 g/mol. The largest absolute Gasteiger partial charge is 0.271 e. The lowest BCUT2D eigenvalue weighted by atomic mass is 10.1. The van der Waals surface area contributed by atoms with Crippen molar-refractivity contribution in [1.82, 2.24) is 0 Å². The van der Waals surface area contributed by atoms with Crippen LogP contribution in [-0.2, 0) is 4.79 Å². The SMILES string of the molecule is Cc1cccc(C)c1N=C1S/C(=C\c2cccc(Cl)c2)C(=O)N1c1ccccc1. The summed E-state index contributed by atoms with van der Waals surface area (Å²) in [5.41, 5.74) is 4.73. The summed E-state index contributed by atoms with van der Waals surface area (Å²) in [6, 6.07) is 23.1. The van der Waals surface area contributed by atoms with E-state index in [0.29, 0.717) is 15.1 Å². The van der Waals surface area contributed by atoms with Crippen LogP contribution >= 0.6 is 23.4 Å². The maximum atomic E-state index is 13.3. The van der Waals surface area contributed by atoms with Gasteiger partial charge in [0.25, 0.3) is 5.91 Å². The van der Waals surface area contributed by atoms with Crippen LogP contribution in [0.5, 0.6) is 0 Å². The summed E-state index contributed by atoms with van der Waals surface area (Å²) in [4.78, 5) is 20.5. The van der Waals surface area contributed by atoms with Gasteiger partial charge in [-0.25, -0.2) is 4.99 Å². The van der Waals surface area contributed by atoms with Crippen LogP contribution in [0.1, 0.15) is 16.7 Å². The van der Waals surface area contributed by atoms with Crippen molar-refractivity contribution in [3.8, 4) is 0 Å². The second-order valence-electron chi connectivity index (χ2n) is 6.78. The van der Waals surface area contributed by atoms with Gasteiger partial charge in [-0.05, 0) is 72.6 Å². The molecule has 3 aromatic rings. The Balaban J connectivity index is 1.82. The number of amides is 1. The highest BCUT2D eigenvalue weighted by Crippen LogP contribution is 2.38. The third kappa shape index (κ3) is 4.14. The topological polar surface area (TPSA) is 32.7 Å². The molecule has 0 radical (unpaired) electrons. The zero-order chi connectivity index (χ0) is 20.4. The van der Waals surface area contributed by atoms with E-state index in [1.165, 1.54) is 11.8 Å². The van der Waals surface area contributed by atoms with Gasteiger partial charge >= 0.3 is 0 Å². The molecule has 0 saturated carbocycles. The smallest absolute Gasteiger partial charge is 0.268 e. The molecule has 29 heavy (non-hydrogen) atoms. The minimum Gasteiger partial charge on any atom is -0.268 e. The number of thioether (sulfide) groups is 1. The molecule has 0 bridgehead atoms. The number of hydrogen-bond acceptors (Lipinski definition) is 3. The summed E-state index contributed by atoms with van der Waals surface area (Å²) >= 11 is 7.49. The average Bonchev–Trinajstić information content (AvgIpc) is 3.00. The van der Waals surface area contributed by atoms with Crippen LogP contribution in [-0.4, -0.2) is 11.1 Å². The number of aryl methyl sites for hydroxylation is 2. The van der Waals surface area contributed by atoms with Crippen molar-refractivity contribution < 1.29 is 4.79 Å². The molecular formula is C24H19ClN2OS. The van der Waals surface area contributed by atoms with E-state index >= 15 is 0 Å². The molecule has 144 valence electrons. The molecule has 0 aromatic heterocycles. The summed E-state index contributed by atoms with van der Waals surface area (Å²) < 4.78 is 0. The van der Waals surface area contributed by atoms with Crippen LogP contribution < -0.4 is 4.90 Å². The van der Waals surface area contributed by atoms with Crippen molar-refractivity contribution in [3.05, 3.63) is 99.4 Å². The van der Waals surface area contributed by atoms with Gasteiger partial charge in [-0.3, -0.25) is 9.69 Å². The molecule has 1 heterocycles. The first-order chi connectivity index (χ1) is 14.0. The van der Waals surface area contributed by atoms with Gasteiger partial charge in [-0.2, -0.15) is 0 Å². The Labute approximate surface area is 179 Å². The Morgan fingerprint density at radius 1 is 0.931 bits per heavy atom. The van der Waals surface area contributed by atoms with Crippen molar-refractivity contribution in [2.24, 2.45) is 4.99 Å². The van der Waals surface area contributed by atoms with Gasteiger partial charge in [0.15, 0.2) is 5.17 Å². The summed E-state index contributed by atoms with van der Waals surface area (Å²) in [5.74, 6) is -0.0915. The molecule has 1 fully saturated rings. The predicted molar refractivity (Wildman–Crippen MR) is 124 cm³/mol. The second-order valence-corrected chi connectivity index (χ2v) is 8.22. The van der Waals surface area contributed by atoms with Crippen LogP contribution in [0, 0.1) is 13.8 Å². The Hall–Kier alpha value is -2.82. The molecule has 0 atom stereocenters. The standard InChI is InChI=1S/C24H19ClN2OS/c1-16-8-6-9-17(2)22(16)26-24-27(20-12-4-3-5-13-20)23(28)21(29-24)15-18-10-7-11-19(25)14-18/h3-15H,1-2H3/b21-15-,26-24?. The molecule has 0 aliphatic carbocycles. The van der Waals surface area contributed by atoms with E-state index in [4.69, 9.17) is 16.6 Å². The predicted octanol–water partition coefficient (Wildman–Crippen LogP) is 6.77. The van der Waals surface area contributed by atoms with Crippen LogP contribution in [0.2, 0.25) is 5.02 Å². The van der Waals surface area contributed by atoms with Gasteiger partial charge in [0.05, 0.1) is 16.3 Å². The molecule has 1 saturated heterocycles. The highest BCUT2D eigenvalue weighted by Gasteiger charge is 2.34. The van der Waals surface area contributed by atoms with Crippen molar-refractivity contribution in [1.29, 1.82) is 0 Å². The molecule has 0 spiro atoms. The lowest BCUT2D eigenvalue weighted by molar-refractivity contribution is -0.113. The molecule has 0 N–H and O–H groups in total. The monoisotopic (exact) mass is 418 g/mol. The molecule has 4 rings (SSSR count). The Morgan fingerprint density at radius 2 is 1.62 bits per heavy atom. The Bertz CT molecular complexity index is 1120. The van der Waals surface area contributed by atoms with Gasteiger partial charge < -0.3 is 0 Å². The van der Waals surface area contributed by atoms with E-state index in [1.54, 1.807) is 4.90 Å². The van der Waals surface area contributed by atoms with Gasteiger partial charge in [0, 0.05) is 5.02 Å². The minimum absolute atomic E-state index is 0.0915. The summed E-state index contributed by atoms with van der Waals surface area (Å²) in [7, 11) is 0. The van der Waals surface area contributed by atoms with E-state index in [-0.39, 0.29) is 5.91 Å². The second kappa shape index (κ2) is 8.27. The molecule has 3 nitrogen and oxygen atoms in total. The number of aliphatic imine (C=N–C) groups is 1. The molecule has 1 aliphatic rings.